The molecular weight excluding hydrogens is 416 g/mol. The number of carbonyl (C=O) groups is 2. The Bertz CT molecular complexity index is 1260. The Morgan fingerprint density at radius 3 is 2.79 bits per heavy atom. The number of aromatic amines is 1. The zero-order valence-electron chi connectivity index (χ0n) is 18.7. The zero-order chi connectivity index (χ0) is 22.6. The molecule has 2 aromatic heterocycles. The second-order valence-electron chi connectivity index (χ2n) is 9.88. The van der Waals surface area contributed by atoms with Crippen molar-refractivity contribution < 1.29 is 9.59 Å². The molecule has 1 spiro atoms. The van der Waals surface area contributed by atoms with Crippen LogP contribution in [0.1, 0.15) is 53.9 Å². The molecule has 3 aromatic rings. The van der Waals surface area contributed by atoms with Gasteiger partial charge in [0.1, 0.15) is 5.82 Å². The topological polar surface area (TPSA) is 116 Å². The van der Waals surface area contributed by atoms with Crippen LogP contribution in [0.5, 0.6) is 0 Å². The highest BCUT2D eigenvalue weighted by molar-refractivity contribution is 6.18. The summed E-state index contributed by atoms with van der Waals surface area (Å²) in [5, 5.41) is 8.42. The molecule has 3 aliphatic rings. The lowest BCUT2D eigenvalue weighted by molar-refractivity contribution is -0.128. The fraction of sp³-hybridized carbons (Fsp3) is 0.480. The van der Waals surface area contributed by atoms with E-state index in [4.69, 9.17) is 10.7 Å². The van der Waals surface area contributed by atoms with Crippen LogP contribution in [0.2, 0.25) is 0 Å². The predicted molar refractivity (Wildman–Crippen MR) is 128 cm³/mol. The number of aromatic nitrogens is 2. The van der Waals surface area contributed by atoms with Gasteiger partial charge in [-0.1, -0.05) is 12.1 Å². The van der Waals surface area contributed by atoms with Crippen molar-refractivity contribution in [3.63, 3.8) is 0 Å². The first kappa shape index (κ1) is 20.5. The van der Waals surface area contributed by atoms with Crippen molar-refractivity contribution in [3.8, 4) is 0 Å². The molecule has 8 nitrogen and oxygen atoms in total. The molecule has 3 saturated heterocycles. The maximum Gasteiger partial charge on any atom is 0.252 e. The molecular formula is C25H30N6O2. The van der Waals surface area contributed by atoms with Gasteiger partial charge in [0, 0.05) is 36.7 Å². The quantitative estimate of drug-likeness (QED) is 0.493. The first-order chi connectivity index (χ1) is 16.1. The third kappa shape index (κ3) is 3.27. The van der Waals surface area contributed by atoms with Gasteiger partial charge >= 0.3 is 0 Å². The average Bonchev–Trinajstić information content (AvgIpc) is 3.38. The number of fused-ring (bicyclic) bond motifs is 3. The van der Waals surface area contributed by atoms with E-state index in [-0.39, 0.29) is 11.3 Å². The maximum absolute atomic E-state index is 12.7. The van der Waals surface area contributed by atoms with E-state index < -0.39 is 5.91 Å². The van der Waals surface area contributed by atoms with Crippen molar-refractivity contribution in [2.45, 2.75) is 38.0 Å². The number of amides is 2. The number of anilines is 1. The van der Waals surface area contributed by atoms with E-state index in [9.17, 15) is 9.59 Å². The summed E-state index contributed by atoms with van der Waals surface area (Å²) in [6, 6.07) is 6.60. The van der Waals surface area contributed by atoms with E-state index in [2.05, 4.69) is 38.7 Å². The molecule has 33 heavy (non-hydrogen) atoms. The summed E-state index contributed by atoms with van der Waals surface area (Å²) in [5.74, 6) is 1.03. The summed E-state index contributed by atoms with van der Waals surface area (Å²) in [4.78, 5) is 35.3. The number of rotatable bonds is 3. The van der Waals surface area contributed by atoms with Crippen LogP contribution in [-0.4, -0.2) is 54.5 Å². The van der Waals surface area contributed by atoms with Crippen molar-refractivity contribution in [2.75, 3.05) is 37.6 Å². The third-order valence-electron chi connectivity index (χ3n) is 7.95. The molecule has 2 amide bonds. The van der Waals surface area contributed by atoms with Crippen LogP contribution >= 0.6 is 0 Å². The second-order valence-corrected chi connectivity index (χ2v) is 9.88. The van der Waals surface area contributed by atoms with Gasteiger partial charge in [-0.3, -0.25) is 9.59 Å². The minimum atomic E-state index is -0.491. The average molecular weight is 447 g/mol. The Kier molecular flexibility index (Phi) is 4.79. The van der Waals surface area contributed by atoms with Gasteiger partial charge in [-0.2, -0.15) is 0 Å². The van der Waals surface area contributed by atoms with Gasteiger partial charge in [0.05, 0.1) is 21.9 Å². The van der Waals surface area contributed by atoms with E-state index in [0.717, 1.165) is 85.9 Å². The summed E-state index contributed by atoms with van der Waals surface area (Å²) < 4.78 is 0. The molecule has 0 radical (unpaired) electrons. The summed E-state index contributed by atoms with van der Waals surface area (Å²) in [6.07, 6.45) is 6.55. The van der Waals surface area contributed by atoms with Gasteiger partial charge in [-0.05, 0) is 62.7 Å². The van der Waals surface area contributed by atoms with Crippen molar-refractivity contribution in [3.05, 3.63) is 35.5 Å². The Hall–Kier alpha value is -3.13. The molecule has 1 atom stereocenters. The zero-order valence-corrected chi connectivity index (χ0v) is 18.7. The molecule has 0 unspecified atom stereocenters. The van der Waals surface area contributed by atoms with Crippen LogP contribution in [0.15, 0.2) is 24.4 Å². The lowest BCUT2D eigenvalue weighted by atomic mass is 9.78. The highest BCUT2D eigenvalue weighted by atomic mass is 16.2. The second kappa shape index (κ2) is 7.73. The van der Waals surface area contributed by atoms with Crippen LogP contribution in [0.25, 0.3) is 21.8 Å². The van der Waals surface area contributed by atoms with Gasteiger partial charge in [0.2, 0.25) is 5.91 Å². The molecule has 5 N–H and O–H groups in total. The van der Waals surface area contributed by atoms with Gasteiger partial charge < -0.3 is 26.3 Å². The third-order valence-corrected chi connectivity index (χ3v) is 7.95. The number of benzene rings is 1. The monoisotopic (exact) mass is 446 g/mol. The molecule has 6 rings (SSSR count). The summed E-state index contributed by atoms with van der Waals surface area (Å²) >= 11 is 0. The summed E-state index contributed by atoms with van der Waals surface area (Å²) in [5.41, 5.74) is 8.84. The molecule has 0 saturated carbocycles. The van der Waals surface area contributed by atoms with Crippen LogP contribution in [0, 0.1) is 5.41 Å². The normalized spacial score (nSPS) is 24.1. The largest absolute Gasteiger partial charge is 0.365 e. The Morgan fingerprint density at radius 2 is 2.03 bits per heavy atom. The first-order valence-electron chi connectivity index (χ1n) is 12.0. The fourth-order valence-electron chi connectivity index (χ4n) is 6.16. The molecule has 8 heteroatoms. The number of H-pyrrole nitrogens is 1. The van der Waals surface area contributed by atoms with E-state index in [1.165, 1.54) is 5.56 Å². The molecule has 0 aliphatic carbocycles. The number of nitrogens with one attached hydrogen (secondary N) is 3. The lowest BCUT2D eigenvalue weighted by Gasteiger charge is -2.39. The van der Waals surface area contributed by atoms with Gasteiger partial charge in [-0.25, -0.2) is 4.98 Å². The van der Waals surface area contributed by atoms with E-state index in [0.29, 0.717) is 18.0 Å². The number of nitrogens with two attached hydrogens (primary N) is 1. The van der Waals surface area contributed by atoms with Crippen molar-refractivity contribution in [1.82, 2.24) is 20.6 Å². The standard InChI is InChI=1S/C25H30N6O2/c26-22(32)18-13-29-23(31-11-1-6-25(14-31)7-10-28-24(25)33)20-17-3-2-16(12-19(17)30-21(18)20)15-4-8-27-9-5-15/h2-3,12-13,15,27,30H,1,4-11,14H2,(H2,26,32)(H,28,33)/t25-/m1/s1. The minimum Gasteiger partial charge on any atom is -0.365 e. The maximum atomic E-state index is 12.7. The van der Waals surface area contributed by atoms with E-state index >= 15 is 0 Å². The predicted octanol–water partition coefficient (Wildman–Crippen LogP) is 2.39. The Labute approximate surface area is 192 Å². The van der Waals surface area contributed by atoms with E-state index in [1.807, 2.05) is 0 Å². The number of hydrogen-bond donors (Lipinski definition) is 4. The number of hydrogen-bond acceptors (Lipinski definition) is 5. The number of nitrogens with zero attached hydrogens (tertiary/aromatic N) is 2. The van der Waals surface area contributed by atoms with Crippen molar-refractivity contribution in [1.29, 1.82) is 0 Å². The number of carbonyl (C=O) groups excluding carboxylic acids is 2. The molecule has 1 aromatic carbocycles. The van der Waals surface area contributed by atoms with Crippen LogP contribution in [-0.2, 0) is 4.79 Å². The van der Waals surface area contributed by atoms with Crippen molar-refractivity contribution in [2.24, 2.45) is 11.1 Å². The SMILES string of the molecule is NC(=O)c1cnc(N2CCC[C@@]3(CCNC3=O)C2)c2c1[nH]c1cc(C3CCNCC3)ccc12. The van der Waals surface area contributed by atoms with E-state index in [1.54, 1.807) is 6.20 Å². The number of primary amides is 1. The minimum absolute atomic E-state index is 0.155. The first-order valence-corrected chi connectivity index (χ1v) is 12.0. The van der Waals surface area contributed by atoms with Crippen molar-refractivity contribution >= 4 is 39.4 Å². The Balaban J connectivity index is 1.48. The van der Waals surface area contributed by atoms with Crippen LogP contribution in [0.4, 0.5) is 5.82 Å². The molecule has 172 valence electrons. The number of piperidine rings is 2. The summed E-state index contributed by atoms with van der Waals surface area (Å²) in [6.45, 7) is 4.31. The van der Waals surface area contributed by atoms with Gasteiger partial charge in [0.15, 0.2) is 0 Å². The highest BCUT2D eigenvalue weighted by Gasteiger charge is 2.45. The molecule has 3 fully saturated rings. The molecule has 3 aliphatic heterocycles. The highest BCUT2D eigenvalue weighted by Crippen LogP contribution is 2.41. The van der Waals surface area contributed by atoms with Gasteiger partial charge in [-0.15, -0.1) is 0 Å². The fourth-order valence-corrected chi connectivity index (χ4v) is 6.16. The smallest absolute Gasteiger partial charge is 0.252 e. The molecule has 0 bridgehead atoms. The van der Waals surface area contributed by atoms with Gasteiger partial charge in [0.25, 0.3) is 5.91 Å². The molecule has 5 heterocycles. The Morgan fingerprint density at radius 1 is 1.18 bits per heavy atom. The van der Waals surface area contributed by atoms with Crippen LogP contribution in [0.3, 0.4) is 0 Å². The van der Waals surface area contributed by atoms with Crippen LogP contribution < -0.4 is 21.3 Å². The lowest BCUT2D eigenvalue weighted by Crippen LogP contribution is -2.47. The number of pyridine rings is 1. The summed E-state index contributed by atoms with van der Waals surface area (Å²) in [7, 11) is 0.